The predicted octanol–water partition coefficient (Wildman–Crippen LogP) is 6.09. The molecule has 1 N–H and O–H groups in total. The Labute approximate surface area is 186 Å². The molecule has 0 aliphatic heterocycles. The molecule has 0 radical (unpaired) electrons. The van der Waals surface area contributed by atoms with E-state index in [2.05, 4.69) is 5.16 Å². The Bertz CT molecular complexity index is 1200. The van der Waals surface area contributed by atoms with Crippen LogP contribution >= 0.6 is 23.2 Å². The van der Waals surface area contributed by atoms with Gasteiger partial charge in [-0.2, -0.15) is 21.6 Å². The van der Waals surface area contributed by atoms with Crippen LogP contribution in [0, 0.1) is 0 Å². The van der Waals surface area contributed by atoms with Crippen molar-refractivity contribution in [1.29, 1.82) is 0 Å². The van der Waals surface area contributed by atoms with Gasteiger partial charge < -0.3 is 4.84 Å². The van der Waals surface area contributed by atoms with Crippen molar-refractivity contribution in [2.24, 2.45) is 5.16 Å². The number of nitrogens with one attached hydrogen (secondary N) is 1. The molecule has 0 amide bonds. The molecule has 0 aromatic heterocycles. The zero-order valence-electron chi connectivity index (χ0n) is 15.4. The Hall–Kier alpha value is -2.75. The van der Waals surface area contributed by atoms with E-state index in [1.165, 1.54) is 12.1 Å². The second-order valence-electron chi connectivity index (χ2n) is 6.09. The first-order chi connectivity index (χ1) is 14.6. The lowest BCUT2D eigenvalue weighted by atomic mass is 10.0. The highest BCUT2D eigenvalue weighted by Gasteiger charge is 2.46. The molecule has 0 heterocycles. The quantitative estimate of drug-likeness (QED) is 0.337. The largest absolute Gasteiger partial charge is 0.516 e. The van der Waals surface area contributed by atoms with Crippen molar-refractivity contribution >= 4 is 44.6 Å². The maximum Gasteiger partial charge on any atom is 0.516 e. The van der Waals surface area contributed by atoms with Crippen LogP contribution in [0.4, 0.5) is 18.9 Å². The Morgan fingerprint density at radius 2 is 1.52 bits per heavy atom. The van der Waals surface area contributed by atoms with Gasteiger partial charge in [0.15, 0.2) is 5.75 Å². The number of nitrogens with zero attached hydrogens (tertiary/aromatic N) is 1. The molecule has 31 heavy (non-hydrogen) atoms. The molecule has 5 nitrogen and oxygen atoms in total. The van der Waals surface area contributed by atoms with E-state index in [9.17, 15) is 21.6 Å². The lowest BCUT2D eigenvalue weighted by molar-refractivity contribution is -0.0429. The van der Waals surface area contributed by atoms with Crippen molar-refractivity contribution in [2.75, 3.05) is 4.72 Å². The number of oxime groups is 1. The van der Waals surface area contributed by atoms with E-state index in [-0.39, 0.29) is 22.0 Å². The van der Waals surface area contributed by atoms with E-state index in [1.54, 1.807) is 59.3 Å². The van der Waals surface area contributed by atoms with Crippen molar-refractivity contribution < 1.29 is 26.4 Å². The van der Waals surface area contributed by atoms with Gasteiger partial charge in [-0.3, -0.25) is 4.72 Å². The zero-order valence-corrected chi connectivity index (χ0v) is 17.7. The first-order valence-electron chi connectivity index (χ1n) is 8.52. The van der Waals surface area contributed by atoms with Crippen LogP contribution in [0.3, 0.4) is 0 Å². The highest BCUT2D eigenvalue weighted by molar-refractivity contribution is 7.93. The molecule has 0 saturated heterocycles. The Morgan fingerprint density at radius 1 is 0.903 bits per heavy atom. The molecule has 0 atom stereocenters. The molecule has 0 spiro atoms. The number of alkyl halides is 3. The Kier molecular flexibility index (Phi) is 6.78. The van der Waals surface area contributed by atoms with Crippen molar-refractivity contribution in [3.8, 4) is 5.75 Å². The van der Waals surface area contributed by atoms with Crippen LogP contribution in [0.2, 0.25) is 10.0 Å². The van der Waals surface area contributed by atoms with Gasteiger partial charge >= 0.3 is 15.5 Å². The number of sulfonamides is 1. The summed E-state index contributed by atoms with van der Waals surface area (Å²) >= 11 is 11.9. The summed E-state index contributed by atoms with van der Waals surface area (Å²) < 4.78 is 63.6. The van der Waals surface area contributed by atoms with E-state index in [4.69, 9.17) is 28.0 Å². The van der Waals surface area contributed by atoms with Gasteiger partial charge in [0, 0.05) is 21.2 Å². The van der Waals surface area contributed by atoms with Crippen LogP contribution < -0.4 is 9.56 Å². The second-order valence-corrected chi connectivity index (χ2v) is 8.64. The summed E-state index contributed by atoms with van der Waals surface area (Å²) in [6.07, 6.45) is 0. The fraction of sp³-hybridized carbons (Fsp3) is 0.0500. The third-order valence-electron chi connectivity index (χ3n) is 3.89. The van der Waals surface area contributed by atoms with Gasteiger partial charge in [-0.15, -0.1) is 0 Å². The smallest absolute Gasteiger partial charge is 0.356 e. The first-order valence-corrected chi connectivity index (χ1v) is 10.8. The van der Waals surface area contributed by atoms with Gasteiger partial charge in [-0.05, 0) is 42.5 Å². The maximum atomic E-state index is 12.9. The molecule has 0 unspecified atom stereocenters. The van der Waals surface area contributed by atoms with Crippen LogP contribution in [0.5, 0.6) is 5.75 Å². The number of benzene rings is 3. The lowest BCUT2D eigenvalue weighted by Crippen LogP contribution is -2.30. The fourth-order valence-corrected chi connectivity index (χ4v) is 3.33. The second kappa shape index (κ2) is 9.17. The number of hydrogen-bond donors (Lipinski definition) is 1. The van der Waals surface area contributed by atoms with E-state index in [1.807, 2.05) is 0 Å². The number of rotatable bonds is 6. The number of hydrogen-bond acceptors (Lipinski definition) is 4. The topological polar surface area (TPSA) is 67.8 Å². The average molecular weight is 489 g/mol. The first kappa shape index (κ1) is 22.9. The summed E-state index contributed by atoms with van der Waals surface area (Å²) in [4.78, 5) is 5.41. The lowest BCUT2D eigenvalue weighted by Gasteiger charge is -2.16. The summed E-state index contributed by atoms with van der Waals surface area (Å²) in [6, 6.07) is 18.2. The minimum absolute atomic E-state index is 0.0134. The van der Waals surface area contributed by atoms with Crippen LogP contribution in [0.15, 0.2) is 78.0 Å². The summed E-state index contributed by atoms with van der Waals surface area (Å²) in [7, 11) is -5.68. The average Bonchev–Trinajstić information content (AvgIpc) is 2.71. The summed E-state index contributed by atoms with van der Waals surface area (Å²) in [5.74, 6) is 0.303. The minimum atomic E-state index is -5.68. The molecule has 0 aliphatic carbocycles. The molecule has 11 heteroatoms. The summed E-state index contributed by atoms with van der Waals surface area (Å²) in [5.41, 5.74) is -5.39. The number of halogens is 5. The van der Waals surface area contributed by atoms with Gasteiger partial charge in [0.05, 0.1) is 5.69 Å². The van der Waals surface area contributed by atoms with Gasteiger partial charge in [0.1, 0.15) is 5.71 Å². The van der Waals surface area contributed by atoms with Crippen LogP contribution in [0.25, 0.3) is 0 Å². The molecule has 0 bridgehead atoms. The van der Waals surface area contributed by atoms with Crippen molar-refractivity contribution in [3.05, 3.63) is 94.0 Å². The Morgan fingerprint density at radius 3 is 2.13 bits per heavy atom. The van der Waals surface area contributed by atoms with Gasteiger partial charge in [-0.1, -0.05) is 58.7 Å². The van der Waals surface area contributed by atoms with Crippen molar-refractivity contribution in [2.45, 2.75) is 5.51 Å². The fourth-order valence-electron chi connectivity index (χ4n) is 2.45. The molecular weight excluding hydrogens is 476 g/mol. The predicted molar refractivity (Wildman–Crippen MR) is 114 cm³/mol. The van der Waals surface area contributed by atoms with E-state index < -0.39 is 15.5 Å². The molecule has 0 aliphatic rings. The normalized spacial score (nSPS) is 12.5. The van der Waals surface area contributed by atoms with Crippen molar-refractivity contribution in [3.63, 3.8) is 0 Å². The Balaban J connectivity index is 2.12. The molecule has 3 aromatic rings. The SMILES string of the molecule is O=S(=O)(Nc1ccc(Cl)cc1/C(=N\Oc1ccc(Cl)cc1)c1ccccc1)C(F)(F)F. The molecule has 162 valence electrons. The standard InChI is InChI=1S/C20H13Cl2F3N2O3S/c21-14-6-9-16(10-7-14)30-26-19(13-4-2-1-3-5-13)17-12-15(22)8-11-18(17)27-31(28,29)20(23,24)25/h1-12,27H/b26-19-. The van der Waals surface area contributed by atoms with Gasteiger partial charge in [-0.25, -0.2) is 0 Å². The highest BCUT2D eigenvalue weighted by Crippen LogP contribution is 2.30. The van der Waals surface area contributed by atoms with Crippen LogP contribution in [-0.4, -0.2) is 19.6 Å². The van der Waals surface area contributed by atoms with Gasteiger partial charge in [0.2, 0.25) is 0 Å². The summed E-state index contributed by atoms with van der Waals surface area (Å²) in [5, 5.41) is 4.68. The van der Waals surface area contributed by atoms with E-state index in [0.29, 0.717) is 16.3 Å². The molecular formula is C20H13Cl2F3N2O3S. The number of anilines is 1. The maximum absolute atomic E-state index is 12.9. The van der Waals surface area contributed by atoms with Crippen molar-refractivity contribution in [1.82, 2.24) is 0 Å². The van der Waals surface area contributed by atoms with E-state index >= 15 is 0 Å². The van der Waals surface area contributed by atoms with Crippen LogP contribution in [0.1, 0.15) is 11.1 Å². The minimum Gasteiger partial charge on any atom is -0.356 e. The molecule has 0 fully saturated rings. The molecule has 0 saturated carbocycles. The van der Waals surface area contributed by atoms with E-state index in [0.717, 1.165) is 6.07 Å². The van der Waals surface area contributed by atoms with Crippen LogP contribution in [-0.2, 0) is 10.0 Å². The highest BCUT2D eigenvalue weighted by atomic mass is 35.5. The monoisotopic (exact) mass is 488 g/mol. The zero-order chi connectivity index (χ0) is 22.6. The molecule has 3 aromatic carbocycles. The third kappa shape index (κ3) is 5.69. The molecule has 3 rings (SSSR count). The summed E-state index contributed by atoms with van der Waals surface area (Å²) in [6.45, 7) is 0. The van der Waals surface area contributed by atoms with Gasteiger partial charge in [0.25, 0.3) is 0 Å². The third-order valence-corrected chi connectivity index (χ3v) is 5.47.